The molecule has 0 fully saturated rings. The van der Waals surface area contributed by atoms with Gasteiger partial charge in [-0.3, -0.25) is 14.4 Å². The smallest absolute Gasteiger partial charge is 0.408 e. The molecule has 2 atom stereocenters. The summed E-state index contributed by atoms with van der Waals surface area (Å²) < 4.78 is 10.1. The third-order valence-corrected chi connectivity index (χ3v) is 6.06. The van der Waals surface area contributed by atoms with Gasteiger partial charge in [0.2, 0.25) is 11.8 Å². The number of benzene rings is 1. The number of aryl methyl sites for hydroxylation is 2. The lowest BCUT2D eigenvalue weighted by molar-refractivity contribution is -0.145. The van der Waals surface area contributed by atoms with Gasteiger partial charge in [-0.05, 0) is 58.1 Å². The normalized spacial score (nSPS) is 12.9. The zero-order valence-electron chi connectivity index (χ0n) is 24.6. The highest BCUT2D eigenvalue weighted by molar-refractivity contribution is 5.93. The Balaban J connectivity index is 3.54. The van der Waals surface area contributed by atoms with Gasteiger partial charge in [0, 0.05) is 6.54 Å². The molecule has 0 aliphatic rings. The molecule has 0 aliphatic heterocycles. The van der Waals surface area contributed by atoms with E-state index in [0.717, 1.165) is 30.4 Å². The van der Waals surface area contributed by atoms with Crippen LogP contribution in [-0.4, -0.2) is 60.6 Å². The van der Waals surface area contributed by atoms with Crippen LogP contribution in [0.2, 0.25) is 0 Å². The molecule has 0 saturated carbocycles. The van der Waals surface area contributed by atoms with E-state index in [2.05, 4.69) is 22.3 Å². The molecule has 0 saturated heterocycles. The van der Waals surface area contributed by atoms with Gasteiger partial charge in [-0.1, -0.05) is 63.8 Å². The Kier molecular flexibility index (Phi) is 13.3. The first-order valence-electron chi connectivity index (χ1n) is 13.4. The molecule has 0 bridgehead atoms. The Bertz CT molecular complexity index is 954. The number of nitrogens with one attached hydrogen (secondary N) is 2. The third kappa shape index (κ3) is 10.7. The zero-order valence-corrected chi connectivity index (χ0v) is 24.6. The Morgan fingerprint density at radius 1 is 1.03 bits per heavy atom. The van der Waals surface area contributed by atoms with Crippen LogP contribution < -0.4 is 10.6 Å². The summed E-state index contributed by atoms with van der Waals surface area (Å²) in [7, 11) is 1.25. The highest BCUT2D eigenvalue weighted by Crippen LogP contribution is 2.28. The standard InChI is InChI=1S/C29H47N3O6/c1-10-11-12-13-16-32(27(35)24(19(2)3)31-28(36)38-29(6,7)8)25(26(34)30-18-23(33)37-9)22-17-20(4)14-15-21(22)5/h14-15,17,19,24-25H,10-13,16,18H2,1-9H3,(H,30,34)(H,31,36). The van der Waals surface area contributed by atoms with Crippen molar-refractivity contribution in [2.24, 2.45) is 5.92 Å². The number of rotatable bonds is 13. The van der Waals surface area contributed by atoms with Gasteiger partial charge in [0.25, 0.3) is 0 Å². The van der Waals surface area contributed by atoms with Crippen molar-refractivity contribution in [2.45, 2.75) is 98.8 Å². The summed E-state index contributed by atoms with van der Waals surface area (Å²) in [6.07, 6.45) is 2.88. The van der Waals surface area contributed by atoms with Crippen LogP contribution >= 0.6 is 0 Å². The topological polar surface area (TPSA) is 114 Å². The van der Waals surface area contributed by atoms with Crippen molar-refractivity contribution in [1.29, 1.82) is 0 Å². The molecule has 9 nitrogen and oxygen atoms in total. The highest BCUT2D eigenvalue weighted by atomic mass is 16.6. The van der Waals surface area contributed by atoms with Gasteiger partial charge in [-0.2, -0.15) is 0 Å². The molecular weight excluding hydrogens is 486 g/mol. The van der Waals surface area contributed by atoms with E-state index in [-0.39, 0.29) is 18.4 Å². The first-order chi connectivity index (χ1) is 17.7. The second-order valence-corrected chi connectivity index (χ2v) is 11.0. The number of carbonyl (C=O) groups is 4. The van der Waals surface area contributed by atoms with Gasteiger partial charge in [0.15, 0.2) is 0 Å². The molecule has 38 heavy (non-hydrogen) atoms. The molecule has 3 amide bonds. The molecule has 214 valence electrons. The highest BCUT2D eigenvalue weighted by Gasteiger charge is 2.38. The minimum atomic E-state index is -1.00. The van der Waals surface area contributed by atoms with Crippen LogP contribution in [-0.2, 0) is 23.9 Å². The quantitative estimate of drug-likeness (QED) is 0.283. The minimum Gasteiger partial charge on any atom is -0.468 e. The van der Waals surface area contributed by atoms with Crippen molar-refractivity contribution in [3.63, 3.8) is 0 Å². The number of esters is 1. The average Bonchev–Trinajstić information content (AvgIpc) is 2.82. The van der Waals surface area contributed by atoms with Gasteiger partial charge in [0.05, 0.1) is 7.11 Å². The second-order valence-electron chi connectivity index (χ2n) is 11.0. The predicted molar refractivity (Wildman–Crippen MR) is 148 cm³/mol. The summed E-state index contributed by atoms with van der Waals surface area (Å²) in [6, 6.07) is 3.81. The summed E-state index contributed by atoms with van der Waals surface area (Å²) in [6.45, 7) is 14.8. The summed E-state index contributed by atoms with van der Waals surface area (Å²) in [4.78, 5) is 53.8. The van der Waals surface area contributed by atoms with E-state index in [4.69, 9.17) is 4.74 Å². The van der Waals surface area contributed by atoms with E-state index < -0.39 is 35.7 Å². The molecule has 1 rings (SSSR count). The molecular formula is C29H47N3O6. The maximum atomic E-state index is 14.1. The number of hydrogen-bond acceptors (Lipinski definition) is 6. The predicted octanol–water partition coefficient (Wildman–Crippen LogP) is 4.59. The van der Waals surface area contributed by atoms with Gasteiger partial charge >= 0.3 is 12.1 Å². The minimum absolute atomic E-state index is 0.273. The molecule has 2 N–H and O–H groups in total. The van der Waals surface area contributed by atoms with Crippen molar-refractivity contribution in [3.8, 4) is 0 Å². The lowest BCUT2D eigenvalue weighted by atomic mass is 9.94. The van der Waals surface area contributed by atoms with E-state index in [9.17, 15) is 19.2 Å². The monoisotopic (exact) mass is 533 g/mol. The number of methoxy groups -OCH3 is 1. The number of amides is 3. The van der Waals surface area contributed by atoms with E-state index in [0.29, 0.717) is 18.5 Å². The molecule has 0 spiro atoms. The fourth-order valence-electron chi connectivity index (χ4n) is 4.04. The van der Waals surface area contributed by atoms with Crippen LogP contribution in [0.4, 0.5) is 4.79 Å². The summed E-state index contributed by atoms with van der Waals surface area (Å²) >= 11 is 0. The van der Waals surface area contributed by atoms with E-state index in [1.165, 1.54) is 12.0 Å². The third-order valence-electron chi connectivity index (χ3n) is 6.06. The van der Waals surface area contributed by atoms with Crippen molar-refractivity contribution in [3.05, 3.63) is 34.9 Å². The van der Waals surface area contributed by atoms with Crippen molar-refractivity contribution in [1.82, 2.24) is 15.5 Å². The maximum Gasteiger partial charge on any atom is 0.408 e. The number of hydrogen-bond donors (Lipinski definition) is 2. The van der Waals surface area contributed by atoms with E-state index in [1.807, 2.05) is 45.9 Å². The van der Waals surface area contributed by atoms with Crippen LogP contribution in [0.25, 0.3) is 0 Å². The molecule has 0 radical (unpaired) electrons. The van der Waals surface area contributed by atoms with E-state index in [1.54, 1.807) is 20.8 Å². The van der Waals surface area contributed by atoms with Gasteiger partial charge in [-0.15, -0.1) is 0 Å². The van der Waals surface area contributed by atoms with Crippen LogP contribution in [0.3, 0.4) is 0 Å². The number of carbonyl (C=O) groups excluding carboxylic acids is 4. The summed E-state index contributed by atoms with van der Waals surface area (Å²) in [5, 5.41) is 5.36. The largest absolute Gasteiger partial charge is 0.468 e. The molecule has 1 aromatic rings. The van der Waals surface area contributed by atoms with Crippen molar-refractivity contribution in [2.75, 3.05) is 20.2 Å². The maximum absolute atomic E-state index is 14.1. The van der Waals surface area contributed by atoms with Gasteiger partial charge < -0.3 is 25.0 Å². The average molecular weight is 534 g/mol. The SMILES string of the molecule is CCCCCCN(C(=O)C(NC(=O)OC(C)(C)C)C(C)C)C(C(=O)NCC(=O)OC)c1cc(C)ccc1C. The Hall–Kier alpha value is -3.10. The van der Waals surface area contributed by atoms with Crippen LogP contribution in [0.15, 0.2) is 18.2 Å². The van der Waals surface area contributed by atoms with Crippen LogP contribution in [0.5, 0.6) is 0 Å². The number of nitrogens with zero attached hydrogens (tertiary/aromatic N) is 1. The lowest BCUT2D eigenvalue weighted by Crippen LogP contribution is -2.55. The second kappa shape index (κ2) is 15.3. The molecule has 0 aromatic heterocycles. The first-order valence-corrected chi connectivity index (χ1v) is 13.4. The number of ether oxygens (including phenoxy) is 2. The fraction of sp³-hybridized carbons (Fsp3) is 0.655. The van der Waals surface area contributed by atoms with Crippen molar-refractivity contribution >= 4 is 23.9 Å². The molecule has 1 aromatic carbocycles. The van der Waals surface area contributed by atoms with Crippen LogP contribution in [0.1, 0.15) is 90.0 Å². The molecule has 0 heterocycles. The Labute approximate surface area is 228 Å². The van der Waals surface area contributed by atoms with Crippen molar-refractivity contribution < 1.29 is 28.7 Å². The summed E-state index contributed by atoms with van der Waals surface area (Å²) in [5.41, 5.74) is 1.70. The Morgan fingerprint density at radius 3 is 2.24 bits per heavy atom. The number of unbranched alkanes of at least 4 members (excludes halogenated alkanes) is 3. The van der Waals surface area contributed by atoms with Crippen LogP contribution in [0, 0.1) is 19.8 Å². The zero-order chi connectivity index (χ0) is 29.0. The number of alkyl carbamates (subject to hydrolysis) is 1. The lowest BCUT2D eigenvalue weighted by Gasteiger charge is -2.36. The molecule has 2 unspecified atom stereocenters. The molecule has 0 aliphatic carbocycles. The first kappa shape index (κ1) is 32.9. The Morgan fingerprint density at radius 2 is 1.68 bits per heavy atom. The van der Waals surface area contributed by atoms with E-state index >= 15 is 0 Å². The summed E-state index contributed by atoms with van der Waals surface area (Å²) in [5.74, 6) is -1.75. The fourth-order valence-corrected chi connectivity index (χ4v) is 4.04. The van der Waals surface area contributed by atoms with Gasteiger partial charge in [0.1, 0.15) is 24.2 Å². The molecule has 9 heteroatoms. The van der Waals surface area contributed by atoms with Gasteiger partial charge in [-0.25, -0.2) is 4.79 Å².